The van der Waals surface area contributed by atoms with E-state index in [9.17, 15) is 0 Å². The van der Waals surface area contributed by atoms with Gasteiger partial charge in [-0.2, -0.15) is 0 Å². The monoisotopic (exact) mass is 360 g/mol. The zero-order chi connectivity index (χ0) is 18.8. The standard InChI is InChI=1S/C28H24/c1-5-16-25-21(10-1)14-9-15-22(25)11-2-8-19-28-26-17-6-3-12-23(26)20-24-13-4-7-18-27(24)28/h1,3-7,9-10,12-18,20H,2,8,11,19H2. The molecule has 28 heavy (non-hydrogen) atoms. The molecule has 0 radical (unpaired) electrons. The summed E-state index contributed by atoms with van der Waals surface area (Å²) in [6.07, 6.45) is 4.70. The summed E-state index contributed by atoms with van der Waals surface area (Å²) >= 11 is 0. The number of hydrogen-bond donors (Lipinski definition) is 0. The second-order valence-corrected chi connectivity index (χ2v) is 7.64. The predicted octanol–water partition coefficient (Wildman–Crippen LogP) is 7.71. The Hall–Kier alpha value is -3.12. The van der Waals surface area contributed by atoms with Crippen LogP contribution in [0.15, 0.2) is 97.1 Å². The van der Waals surface area contributed by atoms with E-state index < -0.39 is 0 Å². The van der Waals surface area contributed by atoms with Crippen molar-refractivity contribution in [3.05, 3.63) is 108 Å². The molecule has 0 aliphatic rings. The highest BCUT2D eigenvalue weighted by atomic mass is 14.1. The summed E-state index contributed by atoms with van der Waals surface area (Å²) in [6.45, 7) is 0. The third-order valence-electron chi connectivity index (χ3n) is 5.89. The minimum atomic E-state index is 1.13. The molecular formula is C28H24. The maximum absolute atomic E-state index is 2.32. The van der Waals surface area contributed by atoms with Crippen LogP contribution in [0, 0.1) is 0 Å². The second kappa shape index (κ2) is 7.48. The zero-order valence-electron chi connectivity index (χ0n) is 16.1. The van der Waals surface area contributed by atoms with Crippen LogP contribution < -0.4 is 0 Å². The van der Waals surface area contributed by atoms with Crippen LogP contribution in [0.5, 0.6) is 0 Å². The van der Waals surface area contributed by atoms with E-state index in [-0.39, 0.29) is 0 Å². The van der Waals surface area contributed by atoms with E-state index >= 15 is 0 Å². The van der Waals surface area contributed by atoms with Crippen LogP contribution in [0.2, 0.25) is 0 Å². The first kappa shape index (κ1) is 17.0. The Kier molecular flexibility index (Phi) is 4.54. The van der Waals surface area contributed by atoms with Crippen molar-refractivity contribution in [2.24, 2.45) is 0 Å². The molecule has 0 aromatic heterocycles. The molecule has 0 N–H and O–H groups in total. The lowest BCUT2D eigenvalue weighted by atomic mass is 9.92. The van der Waals surface area contributed by atoms with E-state index in [2.05, 4.69) is 97.1 Å². The lowest BCUT2D eigenvalue weighted by Gasteiger charge is -2.12. The van der Waals surface area contributed by atoms with Gasteiger partial charge in [0, 0.05) is 0 Å². The van der Waals surface area contributed by atoms with Crippen molar-refractivity contribution in [3.63, 3.8) is 0 Å². The number of fused-ring (bicyclic) bond motifs is 3. The molecule has 0 saturated carbocycles. The number of unbranched alkanes of at least 4 members (excludes halogenated alkanes) is 1. The smallest absolute Gasteiger partial charge is 0.0146 e. The van der Waals surface area contributed by atoms with Crippen LogP contribution in [-0.2, 0) is 12.8 Å². The first-order valence-corrected chi connectivity index (χ1v) is 10.3. The van der Waals surface area contributed by atoms with Crippen LogP contribution in [0.1, 0.15) is 24.0 Å². The lowest BCUT2D eigenvalue weighted by molar-refractivity contribution is 0.742. The second-order valence-electron chi connectivity index (χ2n) is 7.64. The fourth-order valence-electron chi connectivity index (χ4n) is 4.51. The topological polar surface area (TPSA) is 0 Å². The normalized spacial score (nSPS) is 11.4. The van der Waals surface area contributed by atoms with Crippen molar-refractivity contribution >= 4 is 32.3 Å². The fraction of sp³-hybridized carbons (Fsp3) is 0.143. The lowest BCUT2D eigenvalue weighted by Crippen LogP contribution is -1.93. The summed E-state index contributed by atoms with van der Waals surface area (Å²) in [7, 11) is 0. The zero-order valence-corrected chi connectivity index (χ0v) is 16.1. The first-order valence-electron chi connectivity index (χ1n) is 10.3. The molecule has 5 aromatic rings. The van der Waals surface area contributed by atoms with Crippen LogP contribution >= 0.6 is 0 Å². The Bertz CT molecular complexity index is 1200. The minimum Gasteiger partial charge on any atom is -0.0616 e. The van der Waals surface area contributed by atoms with Gasteiger partial charge in [0.2, 0.25) is 0 Å². The molecule has 0 spiro atoms. The van der Waals surface area contributed by atoms with Gasteiger partial charge in [0.25, 0.3) is 0 Å². The fourth-order valence-corrected chi connectivity index (χ4v) is 4.51. The molecule has 0 unspecified atom stereocenters. The van der Waals surface area contributed by atoms with Gasteiger partial charge in [0.1, 0.15) is 0 Å². The van der Waals surface area contributed by atoms with E-state index in [4.69, 9.17) is 0 Å². The van der Waals surface area contributed by atoms with Gasteiger partial charge >= 0.3 is 0 Å². The van der Waals surface area contributed by atoms with Crippen LogP contribution in [-0.4, -0.2) is 0 Å². The molecule has 0 aliphatic heterocycles. The summed E-state index contributed by atoms with van der Waals surface area (Å²) < 4.78 is 0. The van der Waals surface area contributed by atoms with Crippen molar-refractivity contribution < 1.29 is 0 Å². The van der Waals surface area contributed by atoms with Crippen molar-refractivity contribution in [1.82, 2.24) is 0 Å². The number of benzene rings is 5. The molecule has 0 heterocycles. The third kappa shape index (κ3) is 3.16. The molecule has 5 rings (SSSR count). The molecule has 0 fully saturated rings. The molecule has 5 aromatic carbocycles. The van der Waals surface area contributed by atoms with Crippen molar-refractivity contribution in [2.45, 2.75) is 25.7 Å². The van der Waals surface area contributed by atoms with Gasteiger partial charge in [-0.05, 0) is 75.2 Å². The van der Waals surface area contributed by atoms with E-state index in [1.807, 2.05) is 0 Å². The molecule has 136 valence electrons. The molecule has 0 amide bonds. The van der Waals surface area contributed by atoms with E-state index in [1.165, 1.54) is 56.3 Å². The van der Waals surface area contributed by atoms with E-state index in [0.717, 1.165) is 12.8 Å². The van der Waals surface area contributed by atoms with Crippen LogP contribution in [0.4, 0.5) is 0 Å². The maximum atomic E-state index is 2.32. The van der Waals surface area contributed by atoms with E-state index in [0.29, 0.717) is 0 Å². The summed E-state index contributed by atoms with van der Waals surface area (Å²) in [6, 6.07) is 35.4. The Morgan fingerprint density at radius 3 is 1.68 bits per heavy atom. The average Bonchev–Trinajstić information content (AvgIpc) is 2.76. The molecule has 0 bridgehead atoms. The quantitative estimate of drug-likeness (QED) is 0.222. The SMILES string of the molecule is c1ccc2c(CCCCc3c4ccccc4cc4ccccc34)cccc2c1. The van der Waals surface area contributed by atoms with Crippen LogP contribution in [0.3, 0.4) is 0 Å². The van der Waals surface area contributed by atoms with Gasteiger partial charge < -0.3 is 0 Å². The Morgan fingerprint density at radius 1 is 0.429 bits per heavy atom. The van der Waals surface area contributed by atoms with Crippen molar-refractivity contribution in [1.29, 1.82) is 0 Å². The minimum absolute atomic E-state index is 1.13. The molecule has 0 aliphatic carbocycles. The largest absolute Gasteiger partial charge is 0.0616 e. The number of rotatable bonds is 5. The predicted molar refractivity (Wildman–Crippen MR) is 122 cm³/mol. The van der Waals surface area contributed by atoms with Gasteiger partial charge in [0.15, 0.2) is 0 Å². The van der Waals surface area contributed by atoms with Gasteiger partial charge in [-0.25, -0.2) is 0 Å². The van der Waals surface area contributed by atoms with Gasteiger partial charge in [-0.1, -0.05) is 91.0 Å². The third-order valence-corrected chi connectivity index (χ3v) is 5.89. The first-order chi connectivity index (χ1) is 13.9. The van der Waals surface area contributed by atoms with Gasteiger partial charge in [-0.15, -0.1) is 0 Å². The van der Waals surface area contributed by atoms with Gasteiger partial charge in [-0.3, -0.25) is 0 Å². The molecule has 0 atom stereocenters. The highest BCUT2D eigenvalue weighted by Gasteiger charge is 2.07. The van der Waals surface area contributed by atoms with Crippen molar-refractivity contribution in [2.75, 3.05) is 0 Å². The number of hydrogen-bond acceptors (Lipinski definition) is 0. The van der Waals surface area contributed by atoms with Crippen molar-refractivity contribution in [3.8, 4) is 0 Å². The summed E-state index contributed by atoms with van der Waals surface area (Å²) in [5.41, 5.74) is 2.98. The Labute approximate surface area is 166 Å². The van der Waals surface area contributed by atoms with Gasteiger partial charge in [0.05, 0.1) is 0 Å². The van der Waals surface area contributed by atoms with Crippen LogP contribution in [0.25, 0.3) is 32.3 Å². The Balaban J connectivity index is 1.40. The summed E-state index contributed by atoms with van der Waals surface area (Å²) in [5.74, 6) is 0. The molecular weight excluding hydrogens is 336 g/mol. The Morgan fingerprint density at radius 2 is 0.964 bits per heavy atom. The highest BCUT2D eigenvalue weighted by Crippen LogP contribution is 2.30. The average molecular weight is 361 g/mol. The highest BCUT2D eigenvalue weighted by molar-refractivity contribution is 6.02. The maximum Gasteiger partial charge on any atom is -0.0146 e. The molecule has 0 nitrogen and oxygen atoms in total. The molecule has 0 heteroatoms. The van der Waals surface area contributed by atoms with E-state index in [1.54, 1.807) is 0 Å². The summed E-state index contributed by atoms with van der Waals surface area (Å²) in [4.78, 5) is 0. The number of aryl methyl sites for hydroxylation is 2. The molecule has 0 saturated heterocycles. The summed E-state index contributed by atoms with van der Waals surface area (Å²) in [5, 5.41) is 8.27.